The lowest BCUT2D eigenvalue weighted by Gasteiger charge is -1.99. The smallest absolute Gasteiger partial charge is 0.284 e. The van der Waals surface area contributed by atoms with E-state index < -0.39 is 5.91 Å². The Morgan fingerprint density at radius 2 is 2.06 bits per heavy atom. The van der Waals surface area contributed by atoms with E-state index in [2.05, 4.69) is 5.32 Å². The first kappa shape index (κ1) is 10.5. The Bertz CT molecular complexity index is 459. The predicted octanol–water partition coefficient (Wildman–Crippen LogP) is 1.26. The third-order valence-corrected chi connectivity index (χ3v) is 2.08. The molecule has 16 heavy (non-hydrogen) atoms. The lowest BCUT2D eigenvalue weighted by atomic mass is 10.4. The van der Waals surface area contributed by atoms with E-state index in [9.17, 15) is 4.79 Å². The largest absolute Gasteiger partial charge is 0.468 e. The molecule has 0 saturated heterocycles. The molecule has 0 saturated carbocycles. The van der Waals surface area contributed by atoms with E-state index in [4.69, 9.17) is 14.6 Å². The van der Waals surface area contributed by atoms with Gasteiger partial charge in [-0.05, 0) is 24.3 Å². The average Bonchev–Trinajstić information content (AvgIpc) is 2.87. The highest BCUT2D eigenvalue weighted by Gasteiger charge is 2.06. The van der Waals surface area contributed by atoms with Crippen LogP contribution in [0.15, 0.2) is 39.4 Å². The topological polar surface area (TPSA) is 81.4 Å². The molecule has 0 bridgehead atoms. The highest BCUT2D eigenvalue weighted by molar-refractivity contribution is 5.89. The summed E-state index contributed by atoms with van der Waals surface area (Å²) in [6.07, 6.45) is 1.62. The van der Waals surface area contributed by atoms with Crippen molar-refractivity contribution in [1.82, 2.24) is 5.32 Å². The minimum Gasteiger partial charge on any atom is -0.468 e. The fourth-order valence-corrected chi connectivity index (χ4v) is 1.33. The van der Waals surface area contributed by atoms with E-state index in [1.807, 2.05) is 12.1 Å². The lowest BCUT2D eigenvalue weighted by molar-refractivity contribution is 0.0972. The number of carbonyl (C=O) groups is 1. The summed E-state index contributed by atoms with van der Waals surface area (Å²) >= 11 is 0. The van der Waals surface area contributed by atoms with E-state index in [-0.39, 0.29) is 5.76 Å². The van der Waals surface area contributed by atoms with E-state index >= 15 is 0 Å². The van der Waals surface area contributed by atoms with Crippen molar-refractivity contribution in [1.29, 1.82) is 0 Å². The molecule has 0 spiro atoms. The molecule has 0 aliphatic carbocycles. The van der Waals surface area contributed by atoms with Gasteiger partial charge in [0.1, 0.15) is 11.5 Å². The van der Waals surface area contributed by atoms with Crippen molar-refractivity contribution in [2.75, 3.05) is 0 Å². The second-order valence-corrected chi connectivity index (χ2v) is 3.31. The second kappa shape index (κ2) is 4.67. The first-order valence-electron chi connectivity index (χ1n) is 4.87. The molecule has 0 radical (unpaired) electrons. The Morgan fingerprint density at radius 1 is 1.25 bits per heavy atom. The van der Waals surface area contributed by atoms with Crippen LogP contribution in [0.2, 0.25) is 0 Å². The normalized spacial score (nSPS) is 10.5. The molecule has 84 valence electrons. The van der Waals surface area contributed by atoms with Crippen molar-refractivity contribution in [3.63, 3.8) is 0 Å². The summed E-state index contributed by atoms with van der Waals surface area (Å²) < 4.78 is 10.3. The van der Waals surface area contributed by atoms with E-state index in [1.165, 1.54) is 0 Å². The molecule has 0 unspecified atom stereocenters. The Balaban J connectivity index is 1.83. The second-order valence-electron chi connectivity index (χ2n) is 3.31. The highest BCUT2D eigenvalue weighted by atomic mass is 16.4. The first-order valence-corrected chi connectivity index (χ1v) is 4.87. The Morgan fingerprint density at radius 3 is 2.69 bits per heavy atom. The van der Waals surface area contributed by atoms with Crippen LogP contribution in [0.3, 0.4) is 0 Å². The summed E-state index contributed by atoms with van der Waals surface area (Å²) in [5, 5.41) is 3.12. The molecule has 0 aliphatic heterocycles. The highest BCUT2D eigenvalue weighted by Crippen LogP contribution is 2.07. The fraction of sp³-hybridized carbons (Fsp3) is 0.182. The van der Waals surface area contributed by atoms with Crippen LogP contribution in [0.25, 0.3) is 0 Å². The van der Waals surface area contributed by atoms with Crippen molar-refractivity contribution in [2.45, 2.75) is 13.1 Å². The van der Waals surface area contributed by atoms with Crippen molar-refractivity contribution >= 4 is 5.91 Å². The van der Waals surface area contributed by atoms with Crippen molar-refractivity contribution in [2.24, 2.45) is 5.73 Å². The van der Waals surface area contributed by atoms with Crippen molar-refractivity contribution < 1.29 is 13.6 Å². The number of furan rings is 2. The van der Waals surface area contributed by atoms with Crippen LogP contribution >= 0.6 is 0 Å². The summed E-state index contributed by atoms with van der Waals surface area (Å²) in [6.45, 7) is 1.13. The third kappa shape index (κ3) is 2.52. The number of hydrogen-bond acceptors (Lipinski definition) is 4. The molecule has 1 amide bonds. The van der Waals surface area contributed by atoms with Gasteiger partial charge in [0, 0.05) is 0 Å². The number of nitrogens with two attached hydrogens (primary N) is 1. The summed E-state index contributed by atoms with van der Waals surface area (Å²) in [7, 11) is 0. The van der Waals surface area contributed by atoms with Crippen LogP contribution < -0.4 is 11.1 Å². The molecule has 2 aromatic rings. The van der Waals surface area contributed by atoms with Crippen LogP contribution in [0.5, 0.6) is 0 Å². The SMILES string of the molecule is NC(=O)c1ccc(CNCc2ccco2)o1. The van der Waals surface area contributed by atoms with Gasteiger partial charge in [-0.25, -0.2) is 0 Å². The number of nitrogens with one attached hydrogen (secondary N) is 1. The van der Waals surface area contributed by atoms with E-state index in [0.717, 1.165) is 5.76 Å². The Kier molecular flexibility index (Phi) is 3.07. The van der Waals surface area contributed by atoms with Gasteiger partial charge in [-0.3, -0.25) is 4.79 Å². The van der Waals surface area contributed by atoms with Gasteiger partial charge in [0.05, 0.1) is 19.4 Å². The number of hydrogen-bond donors (Lipinski definition) is 2. The minimum absolute atomic E-state index is 0.176. The van der Waals surface area contributed by atoms with Crippen LogP contribution in [-0.4, -0.2) is 5.91 Å². The summed E-state index contributed by atoms with van der Waals surface area (Å²) in [5.74, 6) is 1.13. The van der Waals surface area contributed by atoms with Gasteiger partial charge in [0.2, 0.25) is 0 Å². The van der Waals surface area contributed by atoms with Crippen LogP contribution in [-0.2, 0) is 13.1 Å². The predicted molar refractivity (Wildman–Crippen MR) is 56.5 cm³/mol. The summed E-state index contributed by atoms with van der Waals surface area (Å²) in [4.78, 5) is 10.8. The Labute approximate surface area is 92.2 Å². The quantitative estimate of drug-likeness (QED) is 0.794. The average molecular weight is 220 g/mol. The van der Waals surface area contributed by atoms with Gasteiger partial charge in [-0.1, -0.05) is 0 Å². The number of primary amides is 1. The maximum atomic E-state index is 10.8. The van der Waals surface area contributed by atoms with E-state index in [0.29, 0.717) is 18.8 Å². The minimum atomic E-state index is -0.558. The zero-order chi connectivity index (χ0) is 11.4. The zero-order valence-electron chi connectivity index (χ0n) is 8.60. The fourth-order valence-electron chi connectivity index (χ4n) is 1.33. The molecule has 0 aliphatic rings. The first-order chi connectivity index (χ1) is 7.75. The van der Waals surface area contributed by atoms with Gasteiger partial charge in [-0.15, -0.1) is 0 Å². The van der Waals surface area contributed by atoms with Gasteiger partial charge < -0.3 is 19.9 Å². The van der Waals surface area contributed by atoms with Crippen LogP contribution in [0.1, 0.15) is 22.1 Å². The number of rotatable bonds is 5. The third-order valence-electron chi connectivity index (χ3n) is 2.08. The number of amides is 1. The molecule has 0 fully saturated rings. The van der Waals surface area contributed by atoms with Crippen molar-refractivity contribution in [3.05, 3.63) is 47.8 Å². The maximum absolute atomic E-state index is 10.8. The standard InChI is InChI=1S/C11H12N2O3/c12-11(14)10-4-3-9(16-10)7-13-6-8-2-1-5-15-8/h1-5,13H,6-7H2,(H2,12,14). The summed E-state index contributed by atoms with van der Waals surface area (Å²) in [5.41, 5.74) is 5.06. The molecule has 0 atom stereocenters. The van der Waals surface area contributed by atoms with Gasteiger partial charge in [0.25, 0.3) is 5.91 Å². The summed E-state index contributed by atoms with van der Waals surface area (Å²) in [6, 6.07) is 6.99. The molecule has 2 heterocycles. The monoisotopic (exact) mass is 220 g/mol. The maximum Gasteiger partial charge on any atom is 0.284 e. The zero-order valence-corrected chi connectivity index (χ0v) is 8.60. The molecular weight excluding hydrogens is 208 g/mol. The molecule has 5 nitrogen and oxygen atoms in total. The van der Waals surface area contributed by atoms with Crippen molar-refractivity contribution in [3.8, 4) is 0 Å². The molecule has 2 rings (SSSR count). The van der Waals surface area contributed by atoms with E-state index in [1.54, 1.807) is 18.4 Å². The van der Waals surface area contributed by atoms with Gasteiger partial charge in [0.15, 0.2) is 5.76 Å². The van der Waals surface area contributed by atoms with Gasteiger partial charge in [-0.2, -0.15) is 0 Å². The molecule has 5 heteroatoms. The number of carbonyl (C=O) groups excluding carboxylic acids is 1. The van der Waals surface area contributed by atoms with Crippen LogP contribution in [0.4, 0.5) is 0 Å². The van der Waals surface area contributed by atoms with Gasteiger partial charge >= 0.3 is 0 Å². The molecular formula is C11H12N2O3. The lowest BCUT2D eigenvalue weighted by Crippen LogP contribution is -2.12. The van der Waals surface area contributed by atoms with Crippen LogP contribution in [0, 0.1) is 0 Å². The Hall–Kier alpha value is -2.01. The molecule has 3 N–H and O–H groups in total. The molecule has 0 aromatic carbocycles. The molecule has 2 aromatic heterocycles.